The molecular formula is C24H23ClN2O4S. The fraction of sp³-hybridized carbons (Fsp3) is 0.208. The molecule has 1 unspecified atom stereocenters. The van der Waals surface area contributed by atoms with Gasteiger partial charge in [0.1, 0.15) is 12.3 Å². The standard InChI is InChI=1S/C24H23ClN2O4S/c1-17-15-18-5-3-4-6-23(18)27(17)24(28)16-26(20-9-7-19(25)8-10-20)32(29,30)22-13-11-21(31-2)12-14-22/h3-14,17H,15-16H2,1-2H3. The van der Waals surface area contributed by atoms with Crippen LogP contribution in [0, 0.1) is 0 Å². The lowest BCUT2D eigenvalue weighted by molar-refractivity contribution is -0.117. The van der Waals surface area contributed by atoms with Gasteiger partial charge in [-0.3, -0.25) is 9.10 Å². The van der Waals surface area contributed by atoms with E-state index < -0.39 is 10.0 Å². The van der Waals surface area contributed by atoms with Gasteiger partial charge < -0.3 is 9.64 Å². The molecule has 0 bridgehead atoms. The number of anilines is 2. The van der Waals surface area contributed by atoms with Gasteiger partial charge in [-0.15, -0.1) is 0 Å². The molecule has 0 spiro atoms. The van der Waals surface area contributed by atoms with E-state index in [9.17, 15) is 13.2 Å². The summed E-state index contributed by atoms with van der Waals surface area (Å²) in [5.41, 5.74) is 2.26. The Labute approximate surface area is 193 Å². The SMILES string of the molecule is COc1ccc(S(=O)(=O)N(CC(=O)N2c3ccccc3CC2C)c2ccc(Cl)cc2)cc1. The van der Waals surface area contributed by atoms with Crippen molar-refractivity contribution in [3.05, 3.63) is 83.4 Å². The highest BCUT2D eigenvalue weighted by Gasteiger charge is 2.34. The summed E-state index contributed by atoms with van der Waals surface area (Å²) in [7, 11) is -2.51. The van der Waals surface area contributed by atoms with Crippen LogP contribution in [0.1, 0.15) is 12.5 Å². The van der Waals surface area contributed by atoms with E-state index in [0.29, 0.717) is 16.5 Å². The van der Waals surface area contributed by atoms with Gasteiger partial charge in [0, 0.05) is 16.8 Å². The number of amides is 1. The van der Waals surface area contributed by atoms with Crippen molar-refractivity contribution < 1.29 is 17.9 Å². The van der Waals surface area contributed by atoms with Crippen molar-refractivity contribution in [2.24, 2.45) is 0 Å². The molecule has 1 amide bonds. The normalized spacial score (nSPS) is 15.3. The van der Waals surface area contributed by atoms with Crippen LogP contribution in [0.4, 0.5) is 11.4 Å². The Bertz CT molecular complexity index is 1230. The summed E-state index contributed by atoms with van der Waals surface area (Å²) in [6.07, 6.45) is 0.730. The molecule has 0 aliphatic carbocycles. The molecule has 1 heterocycles. The van der Waals surface area contributed by atoms with E-state index in [0.717, 1.165) is 22.0 Å². The van der Waals surface area contributed by atoms with E-state index in [4.69, 9.17) is 16.3 Å². The number of para-hydroxylation sites is 1. The number of methoxy groups -OCH3 is 1. The quantitative estimate of drug-likeness (QED) is 0.531. The number of benzene rings is 3. The van der Waals surface area contributed by atoms with Crippen molar-refractivity contribution in [3.8, 4) is 5.75 Å². The van der Waals surface area contributed by atoms with Crippen LogP contribution in [0.25, 0.3) is 0 Å². The first-order valence-corrected chi connectivity index (χ1v) is 12.0. The highest BCUT2D eigenvalue weighted by Crippen LogP contribution is 2.33. The Morgan fingerprint density at radius 2 is 1.72 bits per heavy atom. The zero-order valence-corrected chi connectivity index (χ0v) is 19.3. The second-order valence-corrected chi connectivity index (χ2v) is 9.91. The highest BCUT2D eigenvalue weighted by atomic mass is 35.5. The van der Waals surface area contributed by atoms with Gasteiger partial charge in [0.25, 0.3) is 10.0 Å². The molecule has 4 rings (SSSR count). The number of rotatable bonds is 6. The maximum Gasteiger partial charge on any atom is 0.264 e. The topological polar surface area (TPSA) is 66.9 Å². The molecule has 1 atom stereocenters. The Balaban J connectivity index is 1.72. The van der Waals surface area contributed by atoms with Crippen molar-refractivity contribution in [3.63, 3.8) is 0 Å². The maximum atomic E-state index is 13.6. The number of hydrogen-bond acceptors (Lipinski definition) is 4. The predicted molar refractivity (Wildman–Crippen MR) is 126 cm³/mol. The number of fused-ring (bicyclic) bond motifs is 1. The average Bonchev–Trinajstić information content (AvgIpc) is 3.13. The summed E-state index contributed by atoms with van der Waals surface area (Å²) in [5.74, 6) is 0.245. The van der Waals surface area contributed by atoms with Gasteiger partial charge in [-0.05, 0) is 73.5 Å². The summed E-state index contributed by atoms with van der Waals surface area (Å²) in [6.45, 7) is 1.62. The third kappa shape index (κ3) is 4.18. The van der Waals surface area contributed by atoms with E-state index in [2.05, 4.69) is 0 Å². The predicted octanol–water partition coefficient (Wildman–Crippen LogP) is 4.52. The average molecular weight is 471 g/mol. The van der Waals surface area contributed by atoms with Crippen LogP contribution < -0.4 is 13.9 Å². The summed E-state index contributed by atoms with van der Waals surface area (Å²) in [4.78, 5) is 15.2. The van der Waals surface area contributed by atoms with Crippen LogP contribution >= 0.6 is 11.6 Å². The zero-order chi connectivity index (χ0) is 22.9. The molecule has 0 saturated heterocycles. The van der Waals surface area contributed by atoms with Crippen molar-refractivity contribution in [1.82, 2.24) is 0 Å². The van der Waals surface area contributed by atoms with Gasteiger partial charge >= 0.3 is 0 Å². The van der Waals surface area contributed by atoms with Gasteiger partial charge in [-0.2, -0.15) is 0 Å². The van der Waals surface area contributed by atoms with E-state index in [1.165, 1.54) is 19.2 Å². The first-order chi connectivity index (χ1) is 15.3. The number of carbonyl (C=O) groups is 1. The lowest BCUT2D eigenvalue weighted by Crippen LogP contribution is -2.45. The third-order valence-electron chi connectivity index (χ3n) is 5.52. The van der Waals surface area contributed by atoms with Crippen molar-refractivity contribution in [2.75, 3.05) is 22.9 Å². The second-order valence-electron chi connectivity index (χ2n) is 7.61. The molecule has 8 heteroatoms. The summed E-state index contributed by atoms with van der Waals surface area (Å²) in [5, 5.41) is 0.476. The fourth-order valence-electron chi connectivity index (χ4n) is 3.94. The van der Waals surface area contributed by atoms with Crippen molar-refractivity contribution in [2.45, 2.75) is 24.3 Å². The van der Waals surface area contributed by atoms with Gasteiger partial charge in [0.2, 0.25) is 5.91 Å². The highest BCUT2D eigenvalue weighted by molar-refractivity contribution is 7.92. The summed E-state index contributed by atoms with van der Waals surface area (Å²) >= 11 is 6.01. The number of nitrogens with zero attached hydrogens (tertiary/aromatic N) is 2. The first kappa shape index (κ1) is 22.2. The monoisotopic (exact) mass is 470 g/mol. The van der Waals surface area contributed by atoms with Crippen LogP contribution in [0.5, 0.6) is 5.75 Å². The largest absolute Gasteiger partial charge is 0.497 e. The molecule has 1 aliphatic heterocycles. The molecule has 0 aromatic heterocycles. The zero-order valence-electron chi connectivity index (χ0n) is 17.7. The number of hydrogen-bond donors (Lipinski definition) is 0. The molecule has 0 N–H and O–H groups in total. The molecule has 0 fully saturated rings. The minimum atomic E-state index is -4.02. The van der Waals surface area contributed by atoms with Crippen LogP contribution in [0.3, 0.4) is 0 Å². The Kier molecular flexibility index (Phi) is 6.13. The number of sulfonamides is 1. The second kappa shape index (κ2) is 8.84. The first-order valence-electron chi connectivity index (χ1n) is 10.1. The number of halogens is 1. The number of carbonyl (C=O) groups excluding carboxylic acids is 1. The molecule has 1 aliphatic rings. The molecule has 6 nitrogen and oxygen atoms in total. The Morgan fingerprint density at radius 1 is 1.06 bits per heavy atom. The van der Waals surface area contributed by atoms with Crippen LogP contribution in [-0.4, -0.2) is 34.0 Å². The van der Waals surface area contributed by atoms with Gasteiger partial charge in [0.15, 0.2) is 0 Å². The molecule has 166 valence electrons. The molecule has 3 aromatic carbocycles. The van der Waals surface area contributed by atoms with Crippen LogP contribution in [0.2, 0.25) is 5.02 Å². The fourth-order valence-corrected chi connectivity index (χ4v) is 5.48. The van der Waals surface area contributed by atoms with Crippen LogP contribution in [0.15, 0.2) is 77.7 Å². The smallest absolute Gasteiger partial charge is 0.264 e. The molecular weight excluding hydrogens is 448 g/mol. The van der Waals surface area contributed by atoms with Crippen molar-refractivity contribution >= 4 is 38.9 Å². The third-order valence-corrected chi connectivity index (χ3v) is 7.56. The molecule has 32 heavy (non-hydrogen) atoms. The minimum absolute atomic E-state index is 0.0596. The summed E-state index contributed by atoms with van der Waals surface area (Å²) < 4.78 is 33.4. The van der Waals surface area contributed by atoms with Crippen LogP contribution in [-0.2, 0) is 21.2 Å². The van der Waals surface area contributed by atoms with E-state index in [1.807, 2.05) is 31.2 Å². The maximum absolute atomic E-state index is 13.6. The number of ether oxygens (including phenoxy) is 1. The summed E-state index contributed by atoms with van der Waals surface area (Å²) in [6, 6.07) is 20.1. The van der Waals surface area contributed by atoms with E-state index in [1.54, 1.807) is 41.3 Å². The van der Waals surface area contributed by atoms with E-state index >= 15 is 0 Å². The lowest BCUT2D eigenvalue weighted by Gasteiger charge is -2.29. The molecule has 0 saturated carbocycles. The van der Waals surface area contributed by atoms with Gasteiger partial charge in [0.05, 0.1) is 17.7 Å². The Morgan fingerprint density at radius 3 is 2.38 bits per heavy atom. The minimum Gasteiger partial charge on any atom is -0.497 e. The van der Waals surface area contributed by atoms with E-state index in [-0.39, 0.29) is 23.4 Å². The van der Waals surface area contributed by atoms with Gasteiger partial charge in [-0.1, -0.05) is 29.8 Å². The molecule has 3 aromatic rings. The Hall–Kier alpha value is -3.03. The van der Waals surface area contributed by atoms with Crippen molar-refractivity contribution in [1.29, 1.82) is 0 Å². The lowest BCUT2D eigenvalue weighted by atomic mass is 10.1. The van der Waals surface area contributed by atoms with Gasteiger partial charge in [-0.25, -0.2) is 8.42 Å². The molecule has 0 radical (unpaired) electrons.